The Bertz CT molecular complexity index is 479. The number of unbranched alkanes of at least 4 members (excludes halogenated alkanes) is 1. The number of nitrogens with one attached hydrogen (secondary N) is 1. The normalized spacial score (nSPS) is 11.9. The summed E-state index contributed by atoms with van der Waals surface area (Å²) in [6, 6.07) is 3.87. The van der Waals surface area contributed by atoms with Crippen molar-refractivity contribution < 1.29 is 14.7 Å². The van der Waals surface area contributed by atoms with Crippen molar-refractivity contribution in [1.82, 2.24) is 5.32 Å². The fourth-order valence-corrected chi connectivity index (χ4v) is 2.44. The summed E-state index contributed by atoms with van der Waals surface area (Å²) < 4.78 is 0.539. The summed E-state index contributed by atoms with van der Waals surface area (Å²) in [6.45, 7) is 1.97. The Morgan fingerprint density at radius 3 is 2.68 bits per heavy atom. The van der Waals surface area contributed by atoms with Gasteiger partial charge in [0.2, 0.25) is 0 Å². The Morgan fingerprint density at radius 1 is 1.47 bits per heavy atom. The van der Waals surface area contributed by atoms with Crippen molar-refractivity contribution >= 4 is 39.4 Å². The van der Waals surface area contributed by atoms with Gasteiger partial charge < -0.3 is 10.4 Å². The predicted molar refractivity (Wildman–Crippen MR) is 77.6 cm³/mol. The van der Waals surface area contributed by atoms with Gasteiger partial charge in [-0.05, 0) is 40.5 Å². The third kappa shape index (κ3) is 4.84. The van der Waals surface area contributed by atoms with Gasteiger partial charge in [0.25, 0.3) is 5.91 Å². The van der Waals surface area contributed by atoms with Crippen LogP contribution in [0, 0.1) is 0 Å². The molecule has 19 heavy (non-hydrogen) atoms. The molecule has 0 aliphatic carbocycles. The molecule has 0 heterocycles. The molecule has 0 radical (unpaired) electrons. The molecule has 1 aromatic carbocycles. The number of carboxylic acids is 1. The van der Waals surface area contributed by atoms with Crippen LogP contribution in [0.2, 0.25) is 5.02 Å². The molecule has 1 atom stereocenters. The molecule has 0 aliphatic heterocycles. The number of carbonyl (C=O) groups is 2. The van der Waals surface area contributed by atoms with E-state index in [2.05, 4.69) is 21.2 Å². The van der Waals surface area contributed by atoms with E-state index >= 15 is 0 Å². The molecule has 0 aliphatic rings. The predicted octanol–water partition coefficient (Wildman–Crippen LogP) is 3.48. The van der Waals surface area contributed by atoms with E-state index in [0.717, 1.165) is 12.8 Å². The molecule has 0 bridgehead atoms. The second kappa shape index (κ2) is 7.50. The van der Waals surface area contributed by atoms with E-state index in [1.165, 1.54) is 0 Å². The molecule has 0 spiro atoms. The largest absolute Gasteiger partial charge is 0.480 e. The molecule has 0 saturated carbocycles. The van der Waals surface area contributed by atoms with Gasteiger partial charge in [-0.2, -0.15) is 0 Å². The number of rotatable bonds is 6. The Balaban J connectivity index is 2.78. The van der Waals surface area contributed by atoms with Crippen molar-refractivity contribution in [2.45, 2.75) is 32.2 Å². The summed E-state index contributed by atoms with van der Waals surface area (Å²) in [5, 5.41) is 12.1. The summed E-state index contributed by atoms with van der Waals surface area (Å²) in [4.78, 5) is 23.1. The highest BCUT2D eigenvalue weighted by atomic mass is 79.9. The number of carboxylic acid groups (broad SMARTS) is 1. The Labute approximate surface area is 125 Å². The van der Waals surface area contributed by atoms with Gasteiger partial charge in [0.1, 0.15) is 6.04 Å². The van der Waals surface area contributed by atoms with E-state index in [1.807, 2.05) is 6.92 Å². The summed E-state index contributed by atoms with van der Waals surface area (Å²) in [7, 11) is 0. The summed E-state index contributed by atoms with van der Waals surface area (Å²) in [5.74, 6) is -1.45. The number of amides is 1. The Morgan fingerprint density at radius 2 is 2.16 bits per heavy atom. The maximum Gasteiger partial charge on any atom is 0.326 e. The maximum atomic E-state index is 12.0. The van der Waals surface area contributed by atoms with Gasteiger partial charge >= 0.3 is 5.97 Å². The van der Waals surface area contributed by atoms with Crippen LogP contribution >= 0.6 is 27.5 Å². The van der Waals surface area contributed by atoms with Gasteiger partial charge in [0.15, 0.2) is 0 Å². The van der Waals surface area contributed by atoms with Gasteiger partial charge in [0, 0.05) is 9.50 Å². The van der Waals surface area contributed by atoms with Crippen LogP contribution < -0.4 is 5.32 Å². The highest BCUT2D eigenvalue weighted by Gasteiger charge is 2.21. The molecule has 0 saturated heterocycles. The first kappa shape index (κ1) is 16.0. The van der Waals surface area contributed by atoms with Crippen LogP contribution in [0.4, 0.5) is 0 Å². The molecule has 1 amide bonds. The molecule has 0 fully saturated rings. The second-order valence-corrected chi connectivity index (χ2v) is 5.42. The van der Waals surface area contributed by atoms with Crippen LogP contribution in [0.1, 0.15) is 36.5 Å². The first-order valence-corrected chi connectivity index (χ1v) is 7.11. The van der Waals surface area contributed by atoms with E-state index in [0.29, 0.717) is 21.5 Å². The van der Waals surface area contributed by atoms with Crippen LogP contribution in [0.3, 0.4) is 0 Å². The number of benzene rings is 1. The van der Waals surface area contributed by atoms with Crippen molar-refractivity contribution in [2.24, 2.45) is 0 Å². The molecule has 4 nitrogen and oxygen atoms in total. The van der Waals surface area contributed by atoms with Crippen LogP contribution in [0.5, 0.6) is 0 Å². The fraction of sp³-hybridized carbons (Fsp3) is 0.385. The van der Waals surface area contributed by atoms with E-state index in [9.17, 15) is 9.59 Å². The number of hydrogen-bond acceptors (Lipinski definition) is 2. The average molecular weight is 349 g/mol. The standard InChI is InChI=1S/C13H15BrClNO3/c1-2-3-4-11(13(18)19)16-12(17)9-6-5-8(15)7-10(9)14/h5-7,11H,2-4H2,1H3,(H,16,17)(H,18,19). The van der Waals surface area contributed by atoms with Crippen LogP contribution in [0.25, 0.3) is 0 Å². The number of hydrogen-bond donors (Lipinski definition) is 2. The molecule has 1 rings (SSSR count). The van der Waals surface area contributed by atoms with Crippen molar-refractivity contribution in [3.63, 3.8) is 0 Å². The van der Waals surface area contributed by atoms with Gasteiger partial charge in [-0.15, -0.1) is 0 Å². The average Bonchev–Trinajstić information content (AvgIpc) is 2.33. The monoisotopic (exact) mass is 347 g/mol. The lowest BCUT2D eigenvalue weighted by Crippen LogP contribution is -2.40. The highest BCUT2D eigenvalue weighted by molar-refractivity contribution is 9.10. The van der Waals surface area contributed by atoms with Crippen LogP contribution in [-0.4, -0.2) is 23.0 Å². The minimum atomic E-state index is -1.02. The van der Waals surface area contributed by atoms with E-state index in [-0.39, 0.29) is 0 Å². The Kier molecular flexibility index (Phi) is 6.31. The number of halogens is 2. The molecule has 1 unspecified atom stereocenters. The minimum Gasteiger partial charge on any atom is -0.480 e. The van der Waals surface area contributed by atoms with Crippen molar-refractivity contribution in [3.8, 4) is 0 Å². The molecular weight excluding hydrogens is 334 g/mol. The SMILES string of the molecule is CCCCC(NC(=O)c1ccc(Cl)cc1Br)C(=O)O. The van der Waals surface area contributed by atoms with E-state index in [1.54, 1.807) is 18.2 Å². The smallest absolute Gasteiger partial charge is 0.326 e. The first-order chi connectivity index (χ1) is 8.95. The van der Waals surface area contributed by atoms with Crippen molar-refractivity contribution in [1.29, 1.82) is 0 Å². The van der Waals surface area contributed by atoms with Crippen molar-refractivity contribution in [3.05, 3.63) is 33.3 Å². The lowest BCUT2D eigenvalue weighted by atomic mass is 10.1. The van der Waals surface area contributed by atoms with Crippen molar-refractivity contribution in [2.75, 3.05) is 0 Å². The third-order valence-electron chi connectivity index (χ3n) is 2.63. The molecule has 2 N–H and O–H groups in total. The minimum absolute atomic E-state index is 0.368. The zero-order chi connectivity index (χ0) is 14.4. The van der Waals surface area contributed by atoms with E-state index < -0.39 is 17.9 Å². The lowest BCUT2D eigenvalue weighted by molar-refractivity contribution is -0.139. The summed E-state index contributed by atoms with van der Waals surface area (Å²) in [6.07, 6.45) is 2.05. The molecule has 104 valence electrons. The van der Waals surface area contributed by atoms with Gasteiger partial charge in [0.05, 0.1) is 5.56 Å². The zero-order valence-corrected chi connectivity index (χ0v) is 12.8. The van der Waals surface area contributed by atoms with Crippen LogP contribution in [-0.2, 0) is 4.79 Å². The zero-order valence-electron chi connectivity index (χ0n) is 10.5. The molecule has 6 heteroatoms. The lowest BCUT2D eigenvalue weighted by Gasteiger charge is -2.14. The third-order valence-corrected chi connectivity index (χ3v) is 3.52. The number of carbonyl (C=O) groups excluding carboxylic acids is 1. The van der Waals surface area contributed by atoms with Gasteiger partial charge in [-0.1, -0.05) is 31.4 Å². The summed E-state index contributed by atoms with van der Waals surface area (Å²) >= 11 is 9.03. The maximum absolute atomic E-state index is 12.0. The topological polar surface area (TPSA) is 66.4 Å². The number of aliphatic carboxylic acids is 1. The van der Waals surface area contributed by atoms with Crippen LogP contribution in [0.15, 0.2) is 22.7 Å². The Hall–Kier alpha value is -1.07. The summed E-state index contributed by atoms with van der Waals surface area (Å²) in [5.41, 5.74) is 0.368. The second-order valence-electron chi connectivity index (χ2n) is 4.13. The van der Waals surface area contributed by atoms with Gasteiger partial charge in [-0.3, -0.25) is 4.79 Å². The van der Waals surface area contributed by atoms with E-state index in [4.69, 9.17) is 16.7 Å². The molecule has 0 aromatic heterocycles. The quantitative estimate of drug-likeness (QED) is 0.827. The molecular formula is C13H15BrClNO3. The highest BCUT2D eigenvalue weighted by Crippen LogP contribution is 2.21. The first-order valence-electron chi connectivity index (χ1n) is 5.94. The molecule has 1 aromatic rings. The van der Waals surface area contributed by atoms with Gasteiger partial charge in [-0.25, -0.2) is 4.79 Å². The fourth-order valence-electron chi connectivity index (χ4n) is 1.58.